The van der Waals surface area contributed by atoms with E-state index in [9.17, 15) is 4.79 Å². The zero-order valence-electron chi connectivity index (χ0n) is 14.0. The molecule has 0 bridgehead atoms. The number of hydrogen-bond donors (Lipinski definition) is 1. The van der Waals surface area contributed by atoms with Crippen LogP contribution in [-0.2, 0) is 12.8 Å². The summed E-state index contributed by atoms with van der Waals surface area (Å²) in [6, 6.07) is 2.14. The van der Waals surface area contributed by atoms with Crippen LogP contribution in [0, 0.1) is 5.92 Å². The lowest BCUT2D eigenvalue weighted by atomic mass is 9.98. The lowest BCUT2D eigenvalue weighted by Crippen LogP contribution is -2.42. The zero-order chi connectivity index (χ0) is 15.2. The molecule has 3 nitrogen and oxygen atoms in total. The summed E-state index contributed by atoms with van der Waals surface area (Å²) in [6.45, 7) is 7.21. The number of halogens is 1. The summed E-state index contributed by atoms with van der Waals surface area (Å²) in [5.74, 6) is 0.853. The summed E-state index contributed by atoms with van der Waals surface area (Å²) >= 11 is 1.72. The van der Waals surface area contributed by atoms with Crippen molar-refractivity contribution in [2.45, 2.75) is 46.0 Å². The first-order valence-electron chi connectivity index (χ1n) is 8.25. The van der Waals surface area contributed by atoms with E-state index < -0.39 is 0 Å². The Morgan fingerprint density at radius 3 is 2.86 bits per heavy atom. The van der Waals surface area contributed by atoms with Gasteiger partial charge in [-0.3, -0.25) is 4.79 Å². The first kappa shape index (κ1) is 19.5. The van der Waals surface area contributed by atoms with Gasteiger partial charge in [-0.15, -0.1) is 23.7 Å². The molecule has 0 spiro atoms. The van der Waals surface area contributed by atoms with Gasteiger partial charge in [0.1, 0.15) is 0 Å². The Morgan fingerprint density at radius 2 is 2.23 bits per heavy atom. The molecule has 0 radical (unpaired) electrons. The molecular formula is C17H29ClN2OS. The van der Waals surface area contributed by atoms with Gasteiger partial charge >= 0.3 is 0 Å². The first-order valence-corrected chi connectivity index (χ1v) is 9.06. The number of piperidine rings is 1. The monoisotopic (exact) mass is 344 g/mol. The molecule has 1 atom stereocenters. The lowest BCUT2D eigenvalue weighted by molar-refractivity contribution is 0.0679. The van der Waals surface area contributed by atoms with Crippen molar-refractivity contribution in [3.63, 3.8) is 0 Å². The van der Waals surface area contributed by atoms with E-state index in [1.54, 1.807) is 11.3 Å². The molecule has 1 aliphatic heterocycles. The van der Waals surface area contributed by atoms with E-state index in [1.807, 2.05) is 7.05 Å². The van der Waals surface area contributed by atoms with Crippen LogP contribution < -0.4 is 5.32 Å². The number of aryl methyl sites for hydroxylation is 2. The predicted molar refractivity (Wildman–Crippen MR) is 97.5 cm³/mol. The molecule has 0 aliphatic carbocycles. The minimum absolute atomic E-state index is 0. The molecule has 1 aliphatic rings. The van der Waals surface area contributed by atoms with Crippen molar-refractivity contribution in [3.8, 4) is 0 Å². The number of thiophene rings is 1. The van der Waals surface area contributed by atoms with E-state index in [4.69, 9.17) is 0 Å². The summed E-state index contributed by atoms with van der Waals surface area (Å²) in [6.07, 6.45) is 5.64. The number of nitrogens with one attached hydrogen (secondary N) is 1. The molecule has 2 rings (SSSR count). The quantitative estimate of drug-likeness (QED) is 0.852. The Bertz CT molecular complexity index is 473. The highest BCUT2D eigenvalue weighted by molar-refractivity contribution is 7.14. The van der Waals surface area contributed by atoms with E-state index in [0.717, 1.165) is 50.2 Å². The summed E-state index contributed by atoms with van der Waals surface area (Å²) < 4.78 is 0. The van der Waals surface area contributed by atoms with Crippen LogP contribution in [0.3, 0.4) is 0 Å². The van der Waals surface area contributed by atoms with Gasteiger partial charge < -0.3 is 10.2 Å². The van der Waals surface area contributed by atoms with Crippen molar-refractivity contribution >= 4 is 29.7 Å². The molecule has 22 heavy (non-hydrogen) atoms. The van der Waals surface area contributed by atoms with Crippen molar-refractivity contribution in [3.05, 3.63) is 21.4 Å². The summed E-state index contributed by atoms with van der Waals surface area (Å²) in [4.78, 5) is 17.2. The van der Waals surface area contributed by atoms with Crippen molar-refractivity contribution in [2.75, 3.05) is 26.7 Å². The van der Waals surface area contributed by atoms with Crippen LogP contribution in [0.15, 0.2) is 6.07 Å². The van der Waals surface area contributed by atoms with Crippen LogP contribution in [0.2, 0.25) is 0 Å². The maximum atomic E-state index is 12.8. The molecule has 2 heterocycles. The summed E-state index contributed by atoms with van der Waals surface area (Å²) in [5, 5.41) is 3.24. The topological polar surface area (TPSA) is 32.3 Å². The van der Waals surface area contributed by atoms with Gasteiger partial charge in [0, 0.05) is 18.0 Å². The van der Waals surface area contributed by atoms with Gasteiger partial charge in [-0.2, -0.15) is 0 Å². The summed E-state index contributed by atoms with van der Waals surface area (Å²) in [7, 11) is 1.99. The predicted octanol–water partition coefficient (Wildman–Crippen LogP) is 3.76. The van der Waals surface area contributed by atoms with Gasteiger partial charge in [0.2, 0.25) is 0 Å². The summed E-state index contributed by atoms with van der Waals surface area (Å²) in [5.41, 5.74) is 1.37. The molecule has 1 fully saturated rings. The molecular weight excluding hydrogens is 316 g/mol. The van der Waals surface area contributed by atoms with Crippen LogP contribution in [-0.4, -0.2) is 37.5 Å². The Kier molecular flexibility index (Phi) is 8.44. The maximum absolute atomic E-state index is 12.8. The molecule has 0 saturated carbocycles. The Morgan fingerprint density at radius 1 is 1.45 bits per heavy atom. The Balaban J connectivity index is 0.00000242. The molecule has 0 aromatic carbocycles. The molecule has 1 aromatic rings. The third kappa shape index (κ3) is 4.71. The largest absolute Gasteiger partial charge is 0.338 e. The third-order valence-corrected chi connectivity index (χ3v) is 5.49. The van der Waals surface area contributed by atoms with Crippen molar-refractivity contribution in [2.24, 2.45) is 5.92 Å². The van der Waals surface area contributed by atoms with Crippen LogP contribution >= 0.6 is 23.7 Å². The highest BCUT2D eigenvalue weighted by Crippen LogP contribution is 2.27. The van der Waals surface area contributed by atoms with E-state index in [2.05, 4.69) is 30.1 Å². The lowest BCUT2D eigenvalue weighted by Gasteiger charge is -2.32. The second-order valence-electron chi connectivity index (χ2n) is 5.98. The number of nitrogens with zero attached hydrogens (tertiary/aromatic N) is 1. The molecule has 1 amide bonds. The molecule has 1 saturated heterocycles. The van der Waals surface area contributed by atoms with Gasteiger partial charge in [0.15, 0.2) is 0 Å². The van der Waals surface area contributed by atoms with Gasteiger partial charge in [-0.25, -0.2) is 0 Å². The number of rotatable bonds is 6. The fourth-order valence-electron chi connectivity index (χ4n) is 3.17. The standard InChI is InChI=1S/C17H28N2OS.ClH/c1-4-7-15-14(5-2)10-16(21-15)17(20)19-9-6-8-13(12-19)11-18-3;/h10,13,18H,4-9,11-12H2,1-3H3;1H. The second-order valence-corrected chi connectivity index (χ2v) is 7.12. The number of amides is 1. The number of hydrogen-bond acceptors (Lipinski definition) is 3. The van der Waals surface area contributed by atoms with Crippen LogP contribution in [0.4, 0.5) is 0 Å². The van der Waals surface area contributed by atoms with Crippen LogP contribution in [0.25, 0.3) is 0 Å². The van der Waals surface area contributed by atoms with Gasteiger partial charge in [0.25, 0.3) is 5.91 Å². The van der Waals surface area contributed by atoms with Crippen LogP contribution in [0.5, 0.6) is 0 Å². The Labute approximate surface area is 144 Å². The highest BCUT2D eigenvalue weighted by atomic mass is 35.5. The van der Waals surface area contributed by atoms with E-state index in [-0.39, 0.29) is 18.3 Å². The SMILES string of the molecule is CCCc1sc(C(=O)N2CCCC(CNC)C2)cc1CC.Cl. The zero-order valence-corrected chi connectivity index (χ0v) is 15.6. The van der Waals surface area contributed by atoms with Crippen LogP contribution in [0.1, 0.15) is 53.2 Å². The van der Waals surface area contributed by atoms with Crippen molar-refractivity contribution in [1.82, 2.24) is 10.2 Å². The van der Waals surface area contributed by atoms with Gasteiger partial charge in [-0.1, -0.05) is 20.3 Å². The molecule has 5 heteroatoms. The van der Waals surface area contributed by atoms with Gasteiger partial charge in [-0.05, 0) is 56.8 Å². The average molecular weight is 345 g/mol. The van der Waals surface area contributed by atoms with Crippen molar-refractivity contribution in [1.29, 1.82) is 0 Å². The number of carbonyl (C=O) groups excluding carboxylic acids is 1. The fourth-order valence-corrected chi connectivity index (χ4v) is 4.49. The third-order valence-electron chi connectivity index (χ3n) is 4.26. The first-order chi connectivity index (χ1) is 10.2. The number of likely N-dealkylation sites (tertiary alicyclic amines) is 1. The second kappa shape index (κ2) is 9.53. The van der Waals surface area contributed by atoms with Gasteiger partial charge in [0.05, 0.1) is 4.88 Å². The molecule has 1 unspecified atom stereocenters. The number of carbonyl (C=O) groups is 1. The molecule has 1 N–H and O–H groups in total. The van der Waals surface area contributed by atoms with E-state index >= 15 is 0 Å². The van der Waals surface area contributed by atoms with Crippen molar-refractivity contribution < 1.29 is 4.79 Å². The highest BCUT2D eigenvalue weighted by Gasteiger charge is 2.25. The smallest absolute Gasteiger partial charge is 0.263 e. The normalized spacial score (nSPS) is 18.1. The maximum Gasteiger partial charge on any atom is 0.263 e. The molecule has 1 aromatic heterocycles. The molecule has 126 valence electrons. The average Bonchev–Trinajstić information content (AvgIpc) is 2.90. The van der Waals surface area contributed by atoms with E-state index in [0.29, 0.717) is 5.92 Å². The van der Waals surface area contributed by atoms with E-state index in [1.165, 1.54) is 16.9 Å². The minimum Gasteiger partial charge on any atom is -0.338 e. The Hall–Kier alpha value is -0.580. The minimum atomic E-state index is 0. The fraction of sp³-hybridized carbons (Fsp3) is 0.706.